The van der Waals surface area contributed by atoms with E-state index in [-0.39, 0.29) is 0 Å². The van der Waals surface area contributed by atoms with Gasteiger partial charge in [0.2, 0.25) is 0 Å². The highest BCUT2D eigenvalue weighted by Gasteiger charge is 2.10. The summed E-state index contributed by atoms with van der Waals surface area (Å²) >= 11 is 1.65. The normalized spacial score (nSPS) is 10.8. The van der Waals surface area contributed by atoms with Crippen LogP contribution in [0.5, 0.6) is 5.75 Å². The first-order valence-corrected chi connectivity index (χ1v) is 6.80. The van der Waals surface area contributed by atoms with Gasteiger partial charge in [0.15, 0.2) is 0 Å². The number of methoxy groups -OCH3 is 1. The van der Waals surface area contributed by atoms with Crippen molar-refractivity contribution in [1.29, 1.82) is 0 Å². The molecular formula is C15H14N2OS. The smallest absolute Gasteiger partial charge is 0.126 e. The molecule has 0 atom stereocenters. The summed E-state index contributed by atoms with van der Waals surface area (Å²) in [6.07, 6.45) is 0. The number of aryl methyl sites for hydroxylation is 1. The number of nitrogens with zero attached hydrogens (tertiary/aromatic N) is 1. The van der Waals surface area contributed by atoms with Gasteiger partial charge in [0, 0.05) is 11.3 Å². The van der Waals surface area contributed by atoms with E-state index in [0.717, 1.165) is 27.5 Å². The van der Waals surface area contributed by atoms with Gasteiger partial charge >= 0.3 is 0 Å². The highest BCUT2D eigenvalue weighted by atomic mass is 32.1. The summed E-state index contributed by atoms with van der Waals surface area (Å²) in [7, 11) is 1.65. The second-order valence-corrected chi connectivity index (χ2v) is 5.47. The van der Waals surface area contributed by atoms with Crippen LogP contribution in [0.15, 0.2) is 36.4 Å². The Balaban J connectivity index is 2.18. The van der Waals surface area contributed by atoms with Crippen molar-refractivity contribution in [2.75, 3.05) is 12.8 Å². The molecule has 0 unspecified atom stereocenters. The van der Waals surface area contributed by atoms with Crippen LogP contribution in [0.2, 0.25) is 0 Å². The lowest BCUT2D eigenvalue weighted by molar-refractivity contribution is 0.415. The van der Waals surface area contributed by atoms with Crippen LogP contribution >= 0.6 is 11.3 Å². The standard InChI is InChI=1S/C15H14N2OS/c1-9-3-6-14-13(7-9)17-15(19-14)11-8-10(18-2)4-5-12(11)16/h3-8H,16H2,1-2H3. The molecule has 96 valence electrons. The fourth-order valence-corrected chi connectivity index (χ4v) is 2.98. The van der Waals surface area contributed by atoms with Gasteiger partial charge < -0.3 is 10.5 Å². The van der Waals surface area contributed by atoms with Gasteiger partial charge in [-0.2, -0.15) is 0 Å². The highest BCUT2D eigenvalue weighted by molar-refractivity contribution is 7.21. The van der Waals surface area contributed by atoms with Gasteiger partial charge in [-0.3, -0.25) is 0 Å². The van der Waals surface area contributed by atoms with E-state index in [1.165, 1.54) is 10.3 Å². The third kappa shape index (κ3) is 2.15. The maximum atomic E-state index is 6.04. The summed E-state index contributed by atoms with van der Waals surface area (Å²) in [5, 5.41) is 0.928. The number of aromatic nitrogens is 1. The molecule has 0 spiro atoms. The molecule has 0 aliphatic carbocycles. The summed E-state index contributed by atoms with van der Waals surface area (Å²) in [4.78, 5) is 4.66. The Bertz CT molecular complexity index is 749. The lowest BCUT2D eigenvalue weighted by Crippen LogP contribution is -1.91. The minimum Gasteiger partial charge on any atom is -0.497 e. The van der Waals surface area contributed by atoms with Crippen LogP contribution in [0, 0.1) is 6.92 Å². The average Bonchev–Trinajstić information content (AvgIpc) is 2.82. The zero-order valence-electron chi connectivity index (χ0n) is 10.8. The first kappa shape index (κ1) is 12.0. The highest BCUT2D eigenvalue weighted by Crippen LogP contribution is 2.35. The molecule has 0 fully saturated rings. The van der Waals surface area contributed by atoms with Crippen LogP contribution in [0.1, 0.15) is 5.56 Å². The first-order valence-electron chi connectivity index (χ1n) is 5.98. The van der Waals surface area contributed by atoms with Gasteiger partial charge in [-0.15, -0.1) is 11.3 Å². The number of ether oxygens (including phenoxy) is 1. The van der Waals surface area contributed by atoms with Crippen molar-refractivity contribution in [2.45, 2.75) is 6.92 Å². The van der Waals surface area contributed by atoms with Gasteiger partial charge in [0.25, 0.3) is 0 Å². The Hall–Kier alpha value is -2.07. The first-order chi connectivity index (χ1) is 9.17. The van der Waals surface area contributed by atoms with Crippen molar-refractivity contribution in [3.63, 3.8) is 0 Å². The summed E-state index contributed by atoms with van der Waals surface area (Å²) in [6.45, 7) is 2.07. The van der Waals surface area contributed by atoms with E-state index < -0.39 is 0 Å². The third-order valence-corrected chi connectivity index (χ3v) is 4.10. The minimum atomic E-state index is 0.719. The molecule has 3 aromatic rings. The Labute approximate surface area is 115 Å². The molecule has 0 amide bonds. The molecule has 3 rings (SSSR count). The number of anilines is 1. The Morgan fingerprint density at radius 2 is 2.00 bits per heavy atom. The van der Waals surface area contributed by atoms with E-state index in [9.17, 15) is 0 Å². The summed E-state index contributed by atoms with van der Waals surface area (Å²) in [5.74, 6) is 0.791. The third-order valence-electron chi connectivity index (χ3n) is 3.03. The zero-order chi connectivity index (χ0) is 13.4. The minimum absolute atomic E-state index is 0.719. The lowest BCUT2D eigenvalue weighted by atomic mass is 10.2. The molecule has 4 heteroatoms. The topological polar surface area (TPSA) is 48.1 Å². The second kappa shape index (κ2) is 4.55. The van der Waals surface area contributed by atoms with Crippen molar-refractivity contribution in [1.82, 2.24) is 4.98 Å². The number of rotatable bonds is 2. The van der Waals surface area contributed by atoms with E-state index in [0.29, 0.717) is 0 Å². The molecule has 3 nitrogen and oxygen atoms in total. The van der Waals surface area contributed by atoms with Gasteiger partial charge in [-0.05, 0) is 42.8 Å². The van der Waals surface area contributed by atoms with Gasteiger partial charge in [-0.25, -0.2) is 4.98 Å². The SMILES string of the molecule is COc1ccc(N)c(-c2nc3cc(C)ccc3s2)c1. The maximum Gasteiger partial charge on any atom is 0.126 e. The van der Waals surface area contributed by atoms with Crippen LogP contribution in [0.3, 0.4) is 0 Å². The largest absolute Gasteiger partial charge is 0.497 e. The number of nitrogen functional groups attached to an aromatic ring is 1. The van der Waals surface area contributed by atoms with Gasteiger partial charge in [-0.1, -0.05) is 6.07 Å². The van der Waals surface area contributed by atoms with Crippen LogP contribution in [-0.4, -0.2) is 12.1 Å². The van der Waals surface area contributed by atoms with E-state index in [1.807, 2.05) is 18.2 Å². The number of thiazole rings is 1. The summed E-state index contributed by atoms with van der Waals surface area (Å²) in [5.41, 5.74) is 9.91. The molecule has 1 heterocycles. The summed E-state index contributed by atoms with van der Waals surface area (Å²) in [6, 6.07) is 11.9. The monoisotopic (exact) mass is 270 g/mol. The Morgan fingerprint density at radius 1 is 1.16 bits per heavy atom. The van der Waals surface area contributed by atoms with Gasteiger partial charge in [0.05, 0.1) is 17.3 Å². The lowest BCUT2D eigenvalue weighted by Gasteiger charge is -2.05. The molecule has 0 saturated carbocycles. The van der Waals surface area contributed by atoms with E-state index in [4.69, 9.17) is 10.5 Å². The van der Waals surface area contributed by atoms with Crippen molar-refractivity contribution < 1.29 is 4.74 Å². The summed E-state index contributed by atoms with van der Waals surface area (Å²) < 4.78 is 6.42. The second-order valence-electron chi connectivity index (χ2n) is 4.44. The molecule has 0 saturated heterocycles. The van der Waals surface area contributed by atoms with Gasteiger partial charge in [0.1, 0.15) is 10.8 Å². The molecule has 1 aromatic heterocycles. The number of hydrogen-bond acceptors (Lipinski definition) is 4. The van der Waals surface area contributed by atoms with E-state index in [1.54, 1.807) is 18.4 Å². The molecule has 19 heavy (non-hydrogen) atoms. The molecule has 2 N–H and O–H groups in total. The van der Waals surface area contributed by atoms with Crippen molar-refractivity contribution in [3.8, 4) is 16.3 Å². The number of benzene rings is 2. The van der Waals surface area contributed by atoms with Crippen LogP contribution < -0.4 is 10.5 Å². The van der Waals surface area contributed by atoms with E-state index in [2.05, 4.69) is 30.1 Å². The van der Waals surface area contributed by atoms with Crippen molar-refractivity contribution in [2.24, 2.45) is 0 Å². The number of hydrogen-bond donors (Lipinski definition) is 1. The molecule has 0 radical (unpaired) electrons. The predicted octanol–water partition coefficient (Wildman–Crippen LogP) is 3.86. The number of nitrogens with two attached hydrogens (primary N) is 1. The Morgan fingerprint density at radius 3 is 2.79 bits per heavy atom. The van der Waals surface area contributed by atoms with Crippen molar-refractivity contribution in [3.05, 3.63) is 42.0 Å². The molecule has 2 aromatic carbocycles. The van der Waals surface area contributed by atoms with E-state index >= 15 is 0 Å². The molecular weight excluding hydrogens is 256 g/mol. The number of fused-ring (bicyclic) bond motifs is 1. The average molecular weight is 270 g/mol. The fourth-order valence-electron chi connectivity index (χ4n) is 2.00. The predicted molar refractivity (Wildman–Crippen MR) is 80.8 cm³/mol. The Kier molecular flexibility index (Phi) is 2.87. The zero-order valence-corrected chi connectivity index (χ0v) is 11.6. The fraction of sp³-hybridized carbons (Fsp3) is 0.133. The van der Waals surface area contributed by atoms with Crippen LogP contribution in [-0.2, 0) is 0 Å². The quantitative estimate of drug-likeness (QED) is 0.719. The van der Waals surface area contributed by atoms with Crippen LogP contribution in [0.25, 0.3) is 20.8 Å². The molecule has 0 aliphatic heterocycles. The van der Waals surface area contributed by atoms with Crippen LogP contribution in [0.4, 0.5) is 5.69 Å². The van der Waals surface area contributed by atoms with Crippen molar-refractivity contribution >= 4 is 27.2 Å². The maximum absolute atomic E-state index is 6.04. The molecule has 0 bridgehead atoms. The molecule has 0 aliphatic rings.